The Labute approximate surface area is 239 Å². The van der Waals surface area contributed by atoms with Crippen molar-refractivity contribution in [3.63, 3.8) is 0 Å². The van der Waals surface area contributed by atoms with E-state index in [9.17, 15) is 19.5 Å². The highest BCUT2D eigenvalue weighted by Crippen LogP contribution is 2.67. The number of hydrogen-bond donors (Lipinski definition) is 1. The maximum absolute atomic E-state index is 14.8. The summed E-state index contributed by atoms with van der Waals surface area (Å²) >= 11 is 1.64. The fraction of sp³-hybridized carbons (Fsp3) is 0.774. The third kappa shape index (κ3) is 5.97. The molecule has 6 atom stereocenters. The number of fused-ring (bicyclic) bond motifs is 1. The van der Waals surface area contributed by atoms with E-state index >= 15 is 0 Å². The Kier molecular flexibility index (Phi) is 9.74. The molecule has 3 aliphatic rings. The van der Waals surface area contributed by atoms with Crippen molar-refractivity contribution in [1.29, 1.82) is 0 Å². The summed E-state index contributed by atoms with van der Waals surface area (Å²) in [5.41, 5.74) is -0.522. The second kappa shape index (κ2) is 12.0. The molecule has 0 aromatic rings. The number of aliphatic hydroxyl groups excluding tert-OH is 1. The van der Waals surface area contributed by atoms with Gasteiger partial charge in [0.05, 0.1) is 35.8 Å². The van der Waals surface area contributed by atoms with Crippen molar-refractivity contribution in [3.05, 3.63) is 25.3 Å². The third-order valence-electron chi connectivity index (χ3n) is 8.63. The zero-order valence-electron chi connectivity index (χ0n) is 25.1. The van der Waals surface area contributed by atoms with Crippen molar-refractivity contribution >= 4 is 29.5 Å². The monoisotopic (exact) mass is 562 g/mol. The lowest BCUT2D eigenvalue weighted by Crippen LogP contribution is -2.62. The van der Waals surface area contributed by atoms with Crippen LogP contribution >= 0.6 is 11.8 Å². The van der Waals surface area contributed by atoms with Gasteiger partial charge in [-0.3, -0.25) is 14.4 Å². The van der Waals surface area contributed by atoms with Gasteiger partial charge in [-0.25, -0.2) is 0 Å². The van der Waals surface area contributed by atoms with Gasteiger partial charge in [-0.2, -0.15) is 0 Å². The first-order valence-corrected chi connectivity index (χ1v) is 15.4. The predicted molar refractivity (Wildman–Crippen MR) is 157 cm³/mol. The van der Waals surface area contributed by atoms with E-state index in [1.54, 1.807) is 28.8 Å². The lowest BCUT2D eigenvalue weighted by atomic mass is 9.71. The highest BCUT2D eigenvalue weighted by atomic mass is 32.2. The predicted octanol–water partition coefficient (Wildman–Crippen LogP) is 4.83. The standard InChI is InChI=1S/C31H50N2O5S/c1-10-12-13-17-38-28(37)23-22-14-15-31(39-22)24(23)26(35)33(21(18-34)20(3)4)25(31)27(36)32(16-11-2)30(8,9)19-29(5,6)7/h10-11,20-25,34H,1-2,12-19H2,3-9H3/t21-,22+,23-,24-,25?,31?/m0/s1. The summed E-state index contributed by atoms with van der Waals surface area (Å²) in [7, 11) is 0. The Balaban J connectivity index is 2.07. The molecular formula is C31H50N2O5S. The molecule has 3 fully saturated rings. The second-order valence-electron chi connectivity index (χ2n) is 13.7. The number of carbonyl (C=O) groups is 3. The van der Waals surface area contributed by atoms with Crippen molar-refractivity contribution in [3.8, 4) is 0 Å². The van der Waals surface area contributed by atoms with E-state index < -0.39 is 34.2 Å². The molecule has 2 bridgehead atoms. The third-order valence-corrected chi connectivity index (χ3v) is 10.6. The van der Waals surface area contributed by atoms with Crippen LogP contribution in [0.2, 0.25) is 0 Å². The number of likely N-dealkylation sites (tertiary alicyclic amines) is 1. The van der Waals surface area contributed by atoms with Gasteiger partial charge in [-0.05, 0) is 57.3 Å². The molecule has 3 aliphatic heterocycles. The molecule has 1 spiro atoms. The number of nitrogens with zero attached hydrogens (tertiary/aromatic N) is 2. The molecule has 2 amide bonds. The number of unbranched alkanes of at least 4 members (excludes halogenated alkanes) is 1. The lowest BCUT2D eigenvalue weighted by Gasteiger charge is -2.47. The van der Waals surface area contributed by atoms with Gasteiger partial charge in [0, 0.05) is 17.3 Å². The largest absolute Gasteiger partial charge is 0.465 e. The minimum Gasteiger partial charge on any atom is -0.465 e. The van der Waals surface area contributed by atoms with Gasteiger partial charge in [-0.15, -0.1) is 24.9 Å². The van der Waals surface area contributed by atoms with Crippen LogP contribution in [0.1, 0.15) is 80.6 Å². The first-order chi connectivity index (χ1) is 18.2. The molecule has 7 nitrogen and oxygen atoms in total. The minimum atomic E-state index is -0.762. The normalized spacial score (nSPS) is 28.9. The highest BCUT2D eigenvalue weighted by Gasteiger charge is 2.75. The maximum atomic E-state index is 14.8. The van der Waals surface area contributed by atoms with E-state index in [1.807, 2.05) is 18.7 Å². The van der Waals surface area contributed by atoms with Crippen LogP contribution in [-0.4, -0.2) is 80.1 Å². The quantitative estimate of drug-likeness (QED) is 0.197. The first-order valence-electron chi connectivity index (χ1n) is 14.5. The fourth-order valence-electron chi connectivity index (χ4n) is 7.42. The van der Waals surface area contributed by atoms with Gasteiger partial charge in [0.15, 0.2) is 0 Å². The Morgan fingerprint density at radius 1 is 1.23 bits per heavy atom. The molecule has 0 aliphatic carbocycles. The van der Waals surface area contributed by atoms with E-state index in [2.05, 4.69) is 47.8 Å². The summed E-state index contributed by atoms with van der Waals surface area (Å²) in [6, 6.07) is -1.28. The van der Waals surface area contributed by atoms with Crippen molar-refractivity contribution in [1.82, 2.24) is 9.80 Å². The van der Waals surface area contributed by atoms with Gasteiger partial charge < -0.3 is 19.6 Å². The summed E-state index contributed by atoms with van der Waals surface area (Å²) in [4.78, 5) is 46.0. The average molecular weight is 563 g/mol. The maximum Gasteiger partial charge on any atom is 0.310 e. The number of allylic oxidation sites excluding steroid dienone is 1. The molecule has 3 saturated heterocycles. The molecule has 0 saturated carbocycles. The van der Waals surface area contributed by atoms with Crippen LogP contribution in [0.3, 0.4) is 0 Å². The molecule has 1 N–H and O–H groups in total. The van der Waals surface area contributed by atoms with Crippen LogP contribution in [0, 0.1) is 23.2 Å². The SMILES string of the molecule is C=CCCCOC(=O)[C@@H]1[C@H]2C(=O)N([C@@H](CO)C(C)C)C(C(=O)N(CC=C)C(C)(C)CC(C)(C)C)C23CC[C@H]1S3. The number of hydrogen-bond acceptors (Lipinski definition) is 6. The molecule has 3 heterocycles. The number of carbonyl (C=O) groups excluding carboxylic acids is 3. The number of aliphatic hydroxyl groups is 1. The van der Waals surface area contributed by atoms with Crippen LogP contribution < -0.4 is 0 Å². The summed E-state index contributed by atoms with van der Waals surface area (Å²) in [5, 5.41) is 10.4. The zero-order chi connectivity index (χ0) is 29.3. The number of thioether (sulfide) groups is 1. The van der Waals surface area contributed by atoms with Gasteiger partial charge in [0.1, 0.15) is 6.04 Å². The van der Waals surface area contributed by atoms with E-state index in [1.165, 1.54) is 0 Å². The molecule has 0 aromatic heterocycles. The molecule has 0 radical (unpaired) electrons. The minimum absolute atomic E-state index is 0.0260. The van der Waals surface area contributed by atoms with Crippen molar-refractivity contribution in [2.75, 3.05) is 19.8 Å². The summed E-state index contributed by atoms with van der Waals surface area (Å²) in [5.74, 6) is -1.94. The fourth-order valence-corrected chi connectivity index (χ4v) is 9.60. The van der Waals surface area contributed by atoms with Gasteiger partial charge in [-0.1, -0.05) is 46.8 Å². The van der Waals surface area contributed by atoms with Crippen molar-refractivity contribution in [2.45, 2.75) is 108 Å². The smallest absolute Gasteiger partial charge is 0.310 e. The Hall–Kier alpha value is -1.80. The second-order valence-corrected chi connectivity index (χ2v) is 15.3. The van der Waals surface area contributed by atoms with Crippen LogP contribution in [0.4, 0.5) is 0 Å². The Bertz CT molecular complexity index is 957. The van der Waals surface area contributed by atoms with Gasteiger partial charge in [0.25, 0.3) is 0 Å². The van der Waals surface area contributed by atoms with Crippen LogP contribution in [-0.2, 0) is 19.1 Å². The number of amides is 2. The zero-order valence-corrected chi connectivity index (χ0v) is 25.9. The summed E-state index contributed by atoms with van der Waals surface area (Å²) in [6.45, 7) is 22.6. The Morgan fingerprint density at radius 3 is 2.44 bits per heavy atom. The highest BCUT2D eigenvalue weighted by molar-refractivity contribution is 8.02. The molecule has 0 aromatic carbocycles. The number of ether oxygens (including phenoxy) is 1. The molecule has 8 heteroatoms. The van der Waals surface area contributed by atoms with Crippen LogP contribution in [0.5, 0.6) is 0 Å². The summed E-state index contributed by atoms with van der Waals surface area (Å²) in [6.07, 6.45) is 7.19. The van der Waals surface area contributed by atoms with E-state index in [0.29, 0.717) is 19.4 Å². The molecular weight excluding hydrogens is 512 g/mol. The molecule has 220 valence electrons. The molecule has 39 heavy (non-hydrogen) atoms. The topological polar surface area (TPSA) is 87.1 Å². The lowest BCUT2D eigenvalue weighted by molar-refractivity contribution is -0.155. The van der Waals surface area contributed by atoms with E-state index in [0.717, 1.165) is 19.3 Å². The first kappa shape index (κ1) is 31.7. The van der Waals surface area contributed by atoms with Crippen LogP contribution in [0.25, 0.3) is 0 Å². The van der Waals surface area contributed by atoms with Crippen molar-refractivity contribution < 1.29 is 24.2 Å². The Morgan fingerprint density at radius 2 is 1.90 bits per heavy atom. The average Bonchev–Trinajstić information content (AvgIpc) is 3.46. The van der Waals surface area contributed by atoms with Crippen LogP contribution in [0.15, 0.2) is 25.3 Å². The summed E-state index contributed by atoms with van der Waals surface area (Å²) < 4.78 is 4.95. The number of rotatable bonds is 13. The number of esters is 1. The molecule has 2 unspecified atom stereocenters. The van der Waals surface area contributed by atoms with E-state index in [-0.39, 0.29) is 47.6 Å². The van der Waals surface area contributed by atoms with Gasteiger partial charge in [0.2, 0.25) is 11.8 Å². The van der Waals surface area contributed by atoms with Crippen molar-refractivity contribution in [2.24, 2.45) is 23.2 Å². The molecule has 3 rings (SSSR count). The van der Waals surface area contributed by atoms with E-state index in [4.69, 9.17) is 4.74 Å². The van der Waals surface area contributed by atoms with Gasteiger partial charge >= 0.3 is 5.97 Å².